The summed E-state index contributed by atoms with van der Waals surface area (Å²) in [4.78, 5) is 0. The smallest absolute Gasteiger partial charge is 0.0360 e. The van der Waals surface area contributed by atoms with Gasteiger partial charge in [0.25, 0.3) is 0 Å². The summed E-state index contributed by atoms with van der Waals surface area (Å²) in [5, 5.41) is 7.73. The highest BCUT2D eigenvalue weighted by molar-refractivity contribution is 9.10. The summed E-state index contributed by atoms with van der Waals surface area (Å²) in [6.07, 6.45) is 0. The van der Waals surface area contributed by atoms with Gasteiger partial charge in [-0.3, -0.25) is 0 Å². The Balaban J connectivity index is 2.43. The molecule has 0 saturated carbocycles. The van der Waals surface area contributed by atoms with Gasteiger partial charge in [-0.15, -0.1) is 0 Å². The molecule has 1 N–H and O–H groups in total. The molecule has 1 aromatic carbocycles. The van der Waals surface area contributed by atoms with E-state index in [2.05, 4.69) is 64.1 Å². The SMILES string of the molecule is CCNCc1ccc(C)cc1-c1cscc1Br. The summed E-state index contributed by atoms with van der Waals surface area (Å²) in [6.45, 7) is 6.20. The first kappa shape index (κ1) is 12.8. The maximum atomic E-state index is 3.62. The van der Waals surface area contributed by atoms with Crippen molar-refractivity contribution in [3.05, 3.63) is 44.6 Å². The van der Waals surface area contributed by atoms with Gasteiger partial charge in [0.1, 0.15) is 0 Å². The quantitative estimate of drug-likeness (QED) is 0.870. The zero-order chi connectivity index (χ0) is 12.3. The lowest BCUT2D eigenvalue weighted by molar-refractivity contribution is 0.728. The number of halogens is 1. The van der Waals surface area contributed by atoms with E-state index >= 15 is 0 Å². The zero-order valence-electron chi connectivity index (χ0n) is 10.1. The van der Waals surface area contributed by atoms with E-state index in [0.29, 0.717) is 0 Å². The van der Waals surface area contributed by atoms with E-state index in [9.17, 15) is 0 Å². The van der Waals surface area contributed by atoms with Gasteiger partial charge in [0.15, 0.2) is 0 Å². The lowest BCUT2D eigenvalue weighted by atomic mass is 9.99. The largest absolute Gasteiger partial charge is 0.313 e. The molecule has 0 saturated heterocycles. The Morgan fingerprint density at radius 2 is 2.06 bits per heavy atom. The molecule has 90 valence electrons. The zero-order valence-corrected chi connectivity index (χ0v) is 12.5. The fraction of sp³-hybridized carbons (Fsp3) is 0.286. The Morgan fingerprint density at radius 3 is 2.71 bits per heavy atom. The van der Waals surface area contributed by atoms with Gasteiger partial charge in [-0.2, -0.15) is 11.3 Å². The van der Waals surface area contributed by atoms with Crippen LogP contribution in [0.4, 0.5) is 0 Å². The third-order valence-corrected chi connectivity index (χ3v) is 4.44. The Labute approximate surface area is 115 Å². The molecule has 0 aliphatic rings. The summed E-state index contributed by atoms with van der Waals surface area (Å²) in [7, 11) is 0. The topological polar surface area (TPSA) is 12.0 Å². The van der Waals surface area contributed by atoms with Crippen molar-refractivity contribution in [2.45, 2.75) is 20.4 Å². The molecule has 0 radical (unpaired) electrons. The molecule has 0 amide bonds. The fourth-order valence-electron chi connectivity index (χ4n) is 1.83. The minimum atomic E-state index is 0.925. The van der Waals surface area contributed by atoms with Gasteiger partial charge in [0.2, 0.25) is 0 Å². The number of thiophene rings is 1. The summed E-state index contributed by atoms with van der Waals surface area (Å²) < 4.78 is 1.19. The number of nitrogens with one attached hydrogen (secondary N) is 1. The normalized spacial score (nSPS) is 10.8. The highest BCUT2D eigenvalue weighted by atomic mass is 79.9. The Kier molecular flexibility index (Phi) is 4.37. The van der Waals surface area contributed by atoms with Gasteiger partial charge in [0, 0.05) is 22.0 Å². The van der Waals surface area contributed by atoms with Crippen LogP contribution in [0.1, 0.15) is 18.1 Å². The molecule has 2 aromatic rings. The first-order valence-electron chi connectivity index (χ1n) is 5.74. The van der Waals surface area contributed by atoms with E-state index < -0.39 is 0 Å². The second kappa shape index (κ2) is 5.80. The minimum Gasteiger partial charge on any atom is -0.313 e. The lowest BCUT2D eigenvalue weighted by Gasteiger charge is -2.10. The lowest BCUT2D eigenvalue weighted by Crippen LogP contribution is -2.12. The van der Waals surface area contributed by atoms with Gasteiger partial charge in [-0.25, -0.2) is 0 Å². The van der Waals surface area contributed by atoms with Crippen LogP contribution >= 0.6 is 27.3 Å². The molecule has 1 nitrogen and oxygen atoms in total. The average Bonchev–Trinajstić information content (AvgIpc) is 2.74. The molecule has 0 spiro atoms. The summed E-state index contributed by atoms with van der Waals surface area (Å²) in [5.74, 6) is 0. The van der Waals surface area contributed by atoms with E-state index in [1.165, 1.54) is 26.7 Å². The second-order valence-corrected chi connectivity index (χ2v) is 5.67. The molecule has 1 heterocycles. The van der Waals surface area contributed by atoms with Crippen molar-refractivity contribution in [3.8, 4) is 11.1 Å². The van der Waals surface area contributed by atoms with E-state index in [1.807, 2.05) is 0 Å². The maximum Gasteiger partial charge on any atom is 0.0360 e. The number of aryl methyl sites for hydroxylation is 1. The number of benzene rings is 1. The molecular weight excluding hydrogens is 294 g/mol. The van der Waals surface area contributed by atoms with Crippen molar-refractivity contribution in [1.82, 2.24) is 5.32 Å². The fourth-order valence-corrected chi connectivity index (χ4v) is 3.34. The number of hydrogen-bond donors (Lipinski definition) is 1. The van der Waals surface area contributed by atoms with Crippen LogP contribution in [0.3, 0.4) is 0 Å². The molecule has 0 aliphatic carbocycles. The molecule has 0 aliphatic heterocycles. The predicted octanol–water partition coefficient (Wildman–Crippen LogP) is 4.60. The van der Waals surface area contributed by atoms with Crippen molar-refractivity contribution >= 4 is 27.3 Å². The van der Waals surface area contributed by atoms with Crippen LogP contribution in [0.25, 0.3) is 11.1 Å². The van der Waals surface area contributed by atoms with Crippen LogP contribution in [-0.2, 0) is 6.54 Å². The Morgan fingerprint density at radius 1 is 1.24 bits per heavy atom. The standard InChI is InChI=1S/C14H16BrNS/c1-3-16-7-11-5-4-10(2)6-12(11)13-8-17-9-14(13)15/h4-6,8-9,16H,3,7H2,1-2H3. The third-order valence-electron chi connectivity index (χ3n) is 2.74. The molecule has 0 unspecified atom stereocenters. The molecule has 2 rings (SSSR count). The van der Waals surface area contributed by atoms with Crippen molar-refractivity contribution in [3.63, 3.8) is 0 Å². The highest BCUT2D eigenvalue weighted by Crippen LogP contribution is 2.34. The average molecular weight is 310 g/mol. The molecule has 3 heteroatoms. The van der Waals surface area contributed by atoms with E-state index in [0.717, 1.165) is 13.1 Å². The van der Waals surface area contributed by atoms with Gasteiger partial charge < -0.3 is 5.32 Å². The van der Waals surface area contributed by atoms with E-state index in [1.54, 1.807) is 11.3 Å². The van der Waals surface area contributed by atoms with Gasteiger partial charge in [-0.1, -0.05) is 30.7 Å². The summed E-state index contributed by atoms with van der Waals surface area (Å²) >= 11 is 5.35. The first-order chi connectivity index (χ1) is 8.22. The third kappa shape index (κ3) is 2.97. The molecule has 0 bridgehead atoms. The summed E-state index contributed by atoms with van der Waals surface area (Å²) in [5.41, 5.74) is 5.29. The summed E-state index contributed by atoms with van der Waals surface area (Å²) in [6, 6.07) is 6.66. The van der Waals surface area contributed by atoms with Crippen molar-refractivity contribution < 1.29 is 0 Å². The second-order valence-electron chi connectivity index (χ2n) is 4.07. The van der Waals surface area contributed by atoms with E-state index in [-0.39, 0.29) is 0 Å². The van der Waals surface area contributed by atoms with Crippen LogP contribution in [0.2, 0.25) is 0 Å². The highest BCUT2D eigenvalue weighted by Gasteiger charge is 2.09. The van der Waals surface area contributed by atoms with Crippen molar-refractivity contribution in [2.24, 2.45) is 0 Å². The monoisotopic (exact) mass is 309 g/mol. The number of rotatable bonds is 4. The van der Waals surface area contributed by atoms with Crippen molar-refractivity contribution in [1.29, 1.82) is 0 Å². The molecule has 0 atom stereocenters. The van der Waals surface area contributed by atoms with Gasteiger partial charge in [0.05, 0.1) is 0 Å². The maximum absolute atomic E-state index is 3.62. The minimum absolute atomic E-state index is 0.925. The van der Waals surface area contributed by atoms with Gasteiger partial charge >= 0.3 is 0 Å². The number of hydrogen-bond acceptors (Lipinski definition) is 2. The van der Waals surface area contributed by atoms with Gasteiger partial charge in [-0.05, 0) is 45.9 Å². The Hall–Kier alpha value is -0.640. The van der Waals surface area contributed by atoms with Crippen LogP contribution in [0.5, 0.6) is 0 Å². The van der Waals surface area contributed by atoms with Crippen LogP contribution in [-0.4, -0.2) is 6.54 Å². The predicted molar refractivity (Wildman–Crippen MR) is 79.6 cm³/mol. The Bertz CT molecular complexity index is 505. The molecule has 0 fully saturated rings. The van der Waals surface area contributed by atoms with E-state index in [4.69, 9.17) is 0 Å². The van der Waals surface area contributed by atoms with Crippen molar-refractivity contribution in [2.75, 3.05) is 6.54 Å². The molecule has 1 aromatic heterocycles. The van der Waals surface area contributed by atoms with Crippen LogP contribution in [0.15, 0.2) is 33.4 Å². The van der Waals surface area contributed by atoms with Crippen LogP contribution < -0.4 is 5.32 Å². The first-order valence-corrected chi connectivity index (χ1v) is 7.48. The molecule has 17 heavy (non-hydrogen) atoms. The van der Waals surface area contributed by atoms with Crippen LogP contribution in [0, 0.1) is 6.92 Å². The molecular formula is C14H16BrNS.